The first kappa shape index (κ1) is 18.9. The third kappa shape index (κ3) is 3.75. The summed E-state index contributed by atoms with van der Waals surface area (Å²) in [6.45, 7) is 1.07. The molecule has 5 rings (SSSR count). The molecule has 1 aromatic carbocycles. The first-order chi connectivity index (χ1) is 15.2. The van der Waals surface area contributed by atoms with Gasteiger partial charge in [-0.3, -0.25) is 9.59 Å². The van der Waals surface area contributed by atoms with Gasteiger partial charge in [0.2, 0.25) is 5.82 Å². The summed E-state index contributed by atoms with van der Waals surface area (Å²) in [4.78, 5) is 33.1. The number of pyridine rings is 1. The predicted molar refractivity (Wildman–Crippen MR) is 110 cm³/mol. The van der Waals surface area contributed by atoms with Gasteiger partial charge in [-0.1, -0.05) is 40.7 Å². The molecule has 156 valence electrons. The molecular weight excluding hydrogens is 398 g/mol. The average molecular weight is 417 g/mol. The van der Waals surface area contributed by atoms with Gasteiger partial charge < -0.3 is 14.4 Å². The third-order valence-corrected chi connectivity index (χ3v) is 5.36. The van der Waals surface area contributed by atoms with E-state index in [4.69, 9.17) is 4.52 Å². The number of hydrogen-bond donors (Lipinski definition) is 1. The van der Waals surface area contributed by atoms with Crippen LogP contribution in [-0.4, -0.2) is 54.0 Å². The molecule has 1 aliphatic rings. The zero-order chi connectivity index (χ0) is 21.2. The first-order valence-corrected chi connectivity index (χ1v) is 9.97. The van der Waals surface area contributed by atoms with Gasteiger partial charge in [0.05, 0.1) is 12.2 Å². The minimum Gasteiger partial charge on any atom is -0.338 e. The van der Waals surface area contributed by atoms with E-state index in [0.717, 1.165) is 5.56 Å². The number of rotatable bonds is 4. The highest BCUT2D eigenvalue weighted by Crippen LogP contribution is 2.25. The number of aromatic nitrogens is 6. The summed E-state index contributed by atoms with van der Waals surface area (Å²) in [5.41, 5.74) is 1.16. The van der Waals surface area contributed by atoms with Crippen molar-refractivity contribution in [3.63, 3.8) is 0 Å². The fourth-order valence-corrected chi connectivity index (χ4v) is 3.68. The van der Waals surface area contributed by atoms with Crippen LogP contribution in [0.25, 0.3) is 23.0 Å². The molecule has 10 heteroatoms. The van der Waals surface area contributed by atoms with E-state index in [1.807, 2.05) is 30.3 Å². The van der Waals surface area contributed by atoms with Crippen molar-refractivity contribution in [1.29, 1.82) is 0 Å². The van der Waals surface area contributed by atoms with E-state index in [1.54, 1.807) is 27.9 Å². The minimum absolute atomic E-state index is 0.0934. The Bertz CT molecular complexity index is 1250. The van der Waals surface area contributed by atoms with Crippen LogP contribution in [0.4, 0.5) is 0 Å². The molecule has 1 fully saturated rings. The van der Waals surface area contributed by atoms with Crippen LogP contribution in [0, 0.1) is 0 Å². The number of likely N-dealkylation sites (tertiary alicyclic amines) is 1. The molecule has 3 aromatic heterocycles. The summed E-state index contributed by atoms with van der Waals surface area (Å²) in [7, 11) is 0. The SMILES string of the molecule is O=C(c1ccc[nH]c1=O)N1CCC(n2cc(-c3nc(-c4ccccc4)no3)nn2)CC1. The smallest absolute Gasteiger partial charge is 0.280 e. The Labute approximate surface area is 176 Å². The Balaban J connectivity index is 1.26. The molecule has 0 atom stereocenters. The van der Waals surface area contributed by atoms with Crippen molar-refractivity contribution in [2.45, 2.75) is 18.9 Å². The number of carbonyl (C=O) groups excluding carboxylic acids is 1. The Kier molecular flexibility index (Phi) is 4.87. The van der Waals surface area contributed by atoms with Gasteiger partial charge in [-0.2, -0.15) is 4.98 Å². The minimum atomic E-state index is -0.370. The van der Waals surface area contributed by atoms with Gasteiger partial charge in [0, 0.05) is 24.8 Å². The number of aromatic amines is 1. The Morgan fingerprint density at radius 1 is 1.10 bits per heavy atom. The molecule has 0 aliphatic carbocycles. The molecule has 1 amide bonds. The molecule has 0 unspecified atom stereocenters. The summed E-state index contributed by atoms with van der Waals surface area (Å²) in [6.07, 6.45) is 4.71. The Morgan fingerprint density at radius 3 is 2.68 bits per heavy atom. The van der Waals surface area contributed by atoms with Crippen molar-refractivity contribution in [3.8, 4) is 23.0 Å². The summed E-state index contributed by atoms with van der Waals surface area (Å²) in [6, 6.07) is 12.8. The van der Waals surface area contributed by atoms with E-state index in [-0.39, 0.29) is 23.1 Å². The normalized spacial score (nSPS) is 14.6. The molecule has 1 N–H and O–H groups in total. The zero-order valence-corrected chi connectivity index (χ0v) is 16.5. The number of benzene rings is 1. The fourth-order valence-electron chi connectivity index (χ4n) is 3.68. The van der Waals surface area contributed by atoms with Crippen molar-refractivity contribution in [1.82, 2.24) is 35.0 Å². The fraction of sp³-hybridized carbons (Fsp3) is 0.238. The summed E-state index contributed by atoms with van der Waals surface area (Å²) >= 11 is 0. The molecule has 1 saturated heterocycles. The first-order valence-electron chi connectivity index (χ1n) is 9.97. The van der Waals surface area contributed by atoms with Gasteiger partial charge in [0.1, 0.15) is 5.56 Å². The van der Waals surface area contributed by atoms with E-state index >= 15 is 0 Å². The Hall–Kier alpha value is -4.08. The number of hydrogen-bond acceptors (Lipinski definition) is 7. The highest BCUT2D eigenvalue weighted by atomic mass is 16.5. The molecule has 0 spiro atoms. The lowest BCUT2D eigenvalue weighted by atomic mass is 10.0. The van der Waals surface area contributed by atoms with Gasteiger partial charge in [-0.25, -0.2) is 4.68 Å². The van der Waals surface area contributed by atoms with E-state index in [9.17, 15) is 9.59 Å². The Morgan fingerprint density at radius 2 is 1.90 bits per heavy atom. The molecular formula is C21H19N7O3. The third-order valence-electron chi connectivity index (χ3n) is 5.36. The van der Waals surface area contributed by atoms with E-state index < -0.39 is 0 Å². The van der Waals surface area contributed by atoms with E-state index in [2.05, 4.69) is 25.4 Å². The van der Waals surface area contributed by atoms with Crippen LogP contribution < -0.4 is 5.56 Å². The molecule has 10 nitrogen and oxygen atoms in total. The number of H-pyrrole nitrogens is 1. The lowest BCUT2D eigenvalue weighted by molar-refractivity contribution is 0.0687. The maximum absolute atomic E-state index is 12.6. The van der Waals surface area contributed by atoms with Crippen molar-refractivity contribution >= 4 is 5.91 Å². The van der Waals surface area contributed by atoms with Crippen LogP contribution in [0.5, 0.6) is 0 Å². The van der Waals surface area contributed by atoms with Gasteiger partial charge in [0.15, 0.2) is 5.69 Å². The number of nitrogens with zero attached hydrogens (tertiary/aromatic N) is 6. The van der Waals surface area contributed by atoms with E-state index in [0.29, 0.717) is 43.3 Å². The highest BCUT2D eigenvalue weighted by molar-refractivity contribution is 5.93. The topological polar surface area (TPSA) is 123 Å². The summed E-state index contributed by atoms with van der Waals surface area (Å²) in [5.74, 6) is 0.549. The van der Waals surface area contributed by atoms with Crippen LogP contribution in [-0.2, 0) is 0 Å². The maximum Gasteiger partial charge on any atom is 0.280 e. The van der Waals surface area contributed by atoms with Crippen LogP contribution in [0.15, 0.2) is 64.2 Å². The van der Waals surface area contributed by atoms with Crippen molar-refractivity contribution in [2.24, 2.45) is 0 Å². The van der Waals surface area contributed by atoms with Crippen molar-refractivity contribution in [3.05, 3.63) is 70.8 Å². The maximum atomic E-state index is 12.6. The molecule has 0 bridgehead atoms. The quantitative estimate of drug-likeness (QED) is 0.540. The molecule has 4 heterocycles. The highest BCUT2D eigenvalue weighted by Gasteiger charge is 2.27. The monoisotopic (exact) mass is 417 g/mol. The molecule has 0 radical (unpaired) electrons. The number of nitrogens with one attached hydrogen (secondary N) is 1. The van der Waals surface area contributed by atoms with Crippen LogP contribution >= 0.6 is 0 Å². The predicted octanol–water partition coefficient (Wildman–Crippen LogP) is 2.16. The number of amides is 1. The van der Waals surface area contributed by atoms with Crippen LogP contribution in [0.1, 0.15) is 29.2 Å². The zero-order valence-electron chi connectivity index (χ0n) is 16.5. The van der Waals surface area contributed by atoms with Crippen molar-refractivity contribution in [2.75, 3.05) is 13.1 Å². The second kappa shape index (κ2) is 7.98. The largest absolute Gasteiger partial charge is 0.338 e. The summed E-state index contributed by atoms with van der Waals surface area (Å²) in [5, 5.41) is 12.4. The van der Waals surface area contributed by atoms with E-state index in [1.165, 1.54) is 6.20 Å². The van der Waals surface area contributed by atoms with Gasteiger partial charge >= 0.3 is 0 Å². The van der Waals surface area contributed by atoms with Crippen LogP contribution in [0.3, 0.4) is 0 Å². The molecule has 31 heavy (non-hydrogen) atoms. The molecule has 1 aliphatic heterocycles. The lowest BCUT2D eigenvalue weighted by Gasteiger charge is -2.31. The van der Waals surface area contributed by atoms with Gasteiger partial charge in [-0.05, 0) is 25.0 Å². The second-order valence-corrected chi connectivity index (χ2v) is 7.31. The second-order valence-electron chi connectivity index (χ2n) is 7.31. The number of piperidine rings is 1. The average Bonchev–Trinajstić information content (AvgIpc) is 3.50. The summed E-state index contributed by atoms with van der Waals surface area (Å²) < 4.78 is 7.13. The standard InChI is InChI=1S/C21H19N7O3/c29-19-16(7-4-10-22-19)21(30)27-11-8-15(9-12-27)28-13-17(24-26-28)20-23-18(25-31-20)14-5-2-1-3-6-14/h1-7,10,13,15H,8-9,11-12H2,(H,22,29). The molecule has 4 aromatic rings. The molecule has 0 saturated carbocycles. The lowest BCUT2D eigenvalue weighted by Crippen LogP contribution is -2.41. The van der Waals surface area contributed by atoms with Crippen molar-refractivity contribution < 1.29 is 9.32 Å². The van der Waals surface area contributed by atoms with Gasteiger partial charge in [-0.15, -0.1) is 5.10 Å². The van der Waals surface area contributed by atoms with Crippen LogP contribution in [0.2, 0.25) is 0 Å². The number of carbonyl (C=O) groups is 1. The van der Waals surface area contributed by atoms with Gasteiger partial charge in [0.25, 0.3) is 17.4 Å².